The monoisotopic (exact) mass is 495 g/mol. The molecule has 0 bridgehead atoms. The molecule has 1 N–H and O–H groups in total. The van der Waals surface area contributed by atoms with Crippen LogP contribution in [0.15, 0.2) is 34.6 Å². The molecule has 0 radical (unpaired) electrons. The van der Waals surface area contributed by atoms with E-state index in [9.17, 15) is 14.9 Å². The van der Waals surface area contributed by atoms with Crippen LogP contribution < -0.4 is 20.3 Å². The molecule has 11 nitrogen and oxygen atoms in total. The Morgan fingerprint density at radius 2 is 2.03 bits per heavy atom. The molecule has 0 unspecified atom stereocenters. The SMILES string of the molecule is COc1cc(C=C(C#N)C(=O)Nc2nnc(C)s2)ccc1OCc1cc(=O)n2nc(C)sc2n1. The van der Waals surface area contributed by atoms with Gasteiger partial charge < -0.3 is 9.47 Å². The fourth-order valence-corrected chi connectivity index (χ4v) is 4.25. The van der Waals surface area contributed by atoms with E-state index in [0.29, 0.717) is 37.9 Å². The smallest absolute Gasteiger partial charge is 0.275 e. The molecule has 3 aromatic heterocycles. The number of amides is 1. The first-order chi connectivity index (χ1) is 16.4. The standard InChI is InChI=1S/C21H17N7O4S2/c1-11-25-26-20(33-11)24-19(30)14(9-22)6-13-4-5-16(17(7-13)31-3)32-10-15-8-18(29)28-21(23-15)34-12(2)27-28/h4-8H,10H2,1-3H3,(H,24,26,30). The fourth-order valence-electron chi connectivity index (χ4n) is 2.90. The third-order valence-corrected chi connectivity index (χ3v) is 5.96. The number of aromatic nitrogens is 5. The molecule has 0 spiro atoms. The van der Waals surface area contributed by atoms with Crippen molar-refractivity contribution in [3.8, 4) is 17.6 Å². The minimum absolute atomic E-state index is 0.0430. The van der Waals surface area contributed by atoms with Gasteiger partial charge in [0.05, 0.1) is 12.8 Å². The van der Waals surface area contributed by atoms with Gasteiger partial charge in [-0.2, -0.15) is 14.9 Å². The molecule has 0 fully saturated rings. The number of benzene rings is 1. The Morgan fingerprint density at radius 1 is 1.21 bits per heavy atom. The first kappa shape index (κ1) is 23.0. The number of rotatable bonds is 7. The van der Waals surface area contributed by atoms with Crippen molar-refractivity contribution in [1.29, 1.82) is 5.26 Å². The molecule has 0 atom stereocenters. The molecule has 1 aromatic carbocycles. The van der Waals surface area contributed by atoms with Crippen LogP contribution in [0.3, 0.4) is 0 Å². The van der Waals surface area contributed by atoms with Crippen molar-refractivity contribution in [1.82, 2.24) is 24.8 Å². The summed E-state index contributed by atoms with van der Waals surface area (Å²) in [5.74, 6) is 0.205. The highest BCUT2D eigenvalue weighted by Gasteiger charge is 2.14. The van der Waals surface area contributed by atoms with Crippen molar-refractivity contribution in [3.05, 3.63) is 61.5 Å². The van der Waals surface area contributed by atoms with E-state index >= 15 is 0 Å². The lowest BCUT2D eigenvalue weighted by Gasteiger charge is -2.11. The Hall–Kier alpha value is -4.15. The minimum Gasteiger partial charge on any atom is -0.493 e. The Labute approximate surface area is 200 Å². The van der Waals surface area contributed by atoms with Crippen LogP contribution in [0.4, 0.5) is 5.13 Å². The molecule has 0 aliphatic carbocycles. The molecule has 4 rings (SSSR count). The van der Waals surface area contributed by atoms with E-state index in [4.69, 9.17) is 9.47 Å². The number of hydrogen-bond acceptors (Lipinski definition) is 11. The molecule has 4 aromatic rings. The number of carbonyl (C=O) groups is 1. The van der Waals surface area contributed by atoms with Gasteiger partial charge in [0.1, 0.15) is 28.3 Å². The molecule has 0 saturated carbocycles. The van der Waals surface area contributed by atoms with Gasteiger partial charge in [0.25, 0.3) is 11.5 Å². The van der Waals surface area contributed by atoms with Crippen LogP contribution in [-0.4, -0.2) is 37.8 Å². The lowest BCUT2D eigenvalue weighted by Crippen LogP contribution is -2.16. The van der Waals surface area contributed by atoms with Gasteiger partial charge in [0.2, 0.25) is 10.1 Å². The predicted molar refractivity (Wildman–Crippen MR) is 126 cm³/mol. The lowest BCUT2D eigenvalue weighted by molar-refractivity contribution is -0.112. The molecular weight excluding hydrogens is 478 g/mol. The van der Waals surface area contributed by atoms with Gasteiger partial charge in [0.15, 0.2) is 11.5 Å². The maximum absolute atomic E-state index is 12.4. The number of anilines is 1. The van der Waals surface area contributed by atoms with E-state index in [0.717, 1.165) is 5.01 Å². The molecule has 0 saturated heterocycles. The topological polar surface area (TPSA) is 144 Å². The number of carbonyl (C=O) groups excluding carboxylic acids is 1. The van der Waals surface area contributed by atoms with Crippen molar-refractivity contribution >= 4 is 44.7 Å². The van der Waals surface area contributed by atoms with Crippen LogP contribution in [-0.2, 0) is 11.4 Å². The number of nitriles is 1. The zero-order valence-electron chi connectivity index (χ0n) is 18.2. The van der Waals surface area contributed by atoms with Crippen LogP contribution >= 0.6 is 22.7 Å². The van der Waals surface area contributed by atoms with Crippen molar-refractivity contribution in [2.45, 2.75) is 20.5 Å². The number of methoxy groups -OCH3 is 1. The van der Waals surface area contributed by atoms with E-state index < -0.39 is 5.91 Å². The summed E-state index contributed by atoms with van der Waals surface area (Å²) in [5.41, 5.74) is 0.616. The summed E-state index contributed by atoms with van der Waals surface area (Å²) in [5, 5.41) is 25.5. The molecular formula is C21H17N7O4S2. The van der Waals surface area contributed by atoms with Crippen molar-refractivity contribution in [3.63, 3.8) is 0 Å². The second-order valence-electron chi connectivity index (χ2n) is 6.85. The minimum atomic E-state index is -0.594. The van der Waals surface area contributed by atoms with Gasteiger partial charge in [-0.05, 0) is 37.6 Å². The molecule has 1 amide bonds. The first-order valence-electron chi connectivity index (χ1n) is 9.77. The average Bonchev–Trinajstić information content (AvgIpc) is 3.40. The maximum Gasteiger partial charge on any atom is 0.275 e. The third-order valence-electron chi connectivity index (χ3n) is 4.38. The van der Waals surface area contributed by atoms with Gasteiger partial charge in [-0.3, -0.25) is 14.9 Å². The van der Waals surface area contributed by atoms with Crippen LogP contribution in [0.25, 0.3) is 11.0 Å². The van der Waals surface area contributed by atoms with Crippen LogP contribution in [0.2, 0.25) is 0 Å². The van der Waals surface area contributed by atoms with E-state index in [1.807, 2.05) is 6.07 Å². The second-order valence-corrected chi connectivity index (χ2v) is 9.19. The molecule has 3 heterocycles. The predicted octanol–water partition coefficient (Wildman–Crippen LogP) is 2.75. The van der Waals surface area contributed by atoms with Crippen LogP contribution in [0.5, 0.6) is 11.5 Å². The summed E-state index contributed by atoms with van der Waals surface area (Å²) < 4.78 is 12.5. The van der Waals surface area contributed by atoms with Crippen molar-refractivity contribution in [2.24, 2.45) is 0 Å². The van der Waals surface area contributed by atoms with Crippen molar-refractivity contribution in [2.75, 3.05) is 12.4 Å². The maximum atomic E-state index is 12.4. The Balaban J connectivity index is 1.51. The second kappa shape index (κ2) is 9.77. The van der Waals surface area contributed by atoms with Gasteiger partial charge in [-0.15, -0.1) is 10.2 Å². The lowest BCUT2D eigenvalue weighted by atomic mass is 10.1. The molecule has 34 heavy (non-hydrogen) atoms. The van der Waals surface area contributed by atoms with E-state index in [2.05, 4.69) is 25.6 Å². The molecule has 0 aliphatic heterocycles. The zero-order chi connectivity index (χ0) is 24.2. The van der Waals surface area contributed by atoms with Crippen LogP contribution in [0, 0.1) is 25.2 Å². The van der Waals surface area contributed by atoms with Gasteiger partial charge in [-0.25, -0.2) is 4.98 Å². The highest BCUT2D eigenvalue weighted by molar-refractivity contribution is 7.16. The number of hydrogen-bond donors (Lipinski definition) is 1. The number of nitrogens with zero attached hydrogens (tertiary/aromatic N) is 6. The molecule has 0 aliphatic rings. The Bertz CT molecular complexity index is 1510. The summed E-state index contributed by atoms with van der Waals surface area (Å²) in [4.78, 5) is 29.5. The fraction of sp³-hybridized carbons (Fsp3) is 0.190. The van der Waals surface area contributed by atoms with E-state index in [1.165, 1.54) is 46.4 Å². The Morgan fingerprint density at radius 3 is 2.74 bits per heavy atom. The first-order valence-corrected chi connectivity index (χ1v) is 11.4. The van der Waals surface area contributed by atoms with Gasteiger partial charge in [-0.1, -0.05) is 28.7 Å². The molecule has 13 heteroatoms. The summed E-state index contributed by atoms with van der Waals surface area (Å²) in [6.45, 7) is 3.60. The van der Waals surface area contributed by atoms with E-state index in [-0.39, 0.29) is 17.7 Å². The highest BCUT2D eigenvalue weighted by Crippen LogP contribution is 2.30. The van der Waals surface area contributed by atoms with Gasteiger partial charge >= 0.3 is 0 Å². The normalized spacial score (nSPS) is 11.3. The van der Waals surface area contributed by atoms with Gasteiger partial charge in [0, 0.05) is 6.07 Å². The molecule has 172 valence electrons. The largest absolute Gasteiger partial charge is 0.493 e. The Kier molecular flexibility index (Phi) is 6.62. The number of ether oxygens (including phenoxy) is 2. The highest BCUT2D eigenvalue weighted by atomic mass is 32.1. The quantitative estimate of drug-likeness (QED) is 0.302. The number of nitrogens with one attached hydrogen (secondary N) is 1. The summed E-state index contributed by atoms with van der Waals surface area (Å²) in [6, 6.07) is 8.21. The van der Waals surface area contributed by atoms with E-state index in [1.54, 1.807) is 32.0 Å². The zero-order valence-corrected chi connectivity index (χ0v) is 19.9. The summed E-state index contributed by atoms with van der Waals surface area (Å²) in [6.07, 6.45) is 1.43. The average molecular weight is 496 g/mol. The van der Waals surface area contributed by atoms with Crippen molar-refractivity contribution < 1.29 is 14.3 Å². The summed E-state index contributed by atoms with van der Waals surface area (Å²) in [7, 11) is 1.47. The number of fused-ring (bicyclic) bond motifs is 1. The number of aryl methyl sites for hydroxylation is 2. The summed E-state index contributed by atoms with van der Waals surface area (Å²) >= 11 is 2.52. The van der Waals surface area contributed by atoms with Crippen LogP contribution in [0.1, 0.15) is 21.3 Å². The third kappa shape index (κ3) is 5.08.